The highest BCUT2D eigenvalue weighted by Crippen LogP contribution is 2.43. The van der Waals surface area contributed by atoms with Crippen molar-refractivity contribution in [2.45, 2.75) is 31.7 Å². The number of carbonyl (C=O) groups excluding carboxylic acids is 1. The van der Waals surface area contributed by atoms with Crippen LogP contribution in [0.4, 0.5) is 11.4 Å². The number of carbonyl (C=O) groups is 1. The van der Waals surface area contributed by atoms with Gasteiger partial charge in [0.1, 0.15) is 0 Å². The monoisotopic (exact) mass is 324 g/mol. The zero-order chi connectivity index (χ0) is 16.9. The van der Waals surface area contributed by atoms with Crippen molar-refractivity contribution in [3.05, 3.63) is 59.7 Å². The molecule has 0 spiro atoms. The molecule has 3 rings (SSSR count). The van der Waals surface area contributed by atoms with Crippen molar-refractivity contribution in [2.75, 3.05) is 18.2 Å². The molecule has 1 fully saturated rings. The minimum absolute atomic E-state index is 0.200. The third kappa shape index (κ3) is 4.07. The van der Waals surface area contributed by atoms with Crippen LogP contribution in [0, 0.1) is 5.92 Å². The molecule has 0 aliphatic heterocycles. The summed E-state index contributed by atoms with van der Waals surface area (Å²) < 4.78 is 4.68. The van der Waals surface area contributed by atoms with E-state index < -0.39 is 0 Å². The Kier molecular flexibility index (Phi) is 5.04. The number of nitrogen functional groups attached to an aromatic ring is 1. The molecule has 1 aliphatic rings. The molecule has 24 heavy (non-hydrogen) atoms. The average Bonchev–Trinajstić information content (AvgIpc) is 3.44. The predicted molar refractivity (Wildman–Crippen MR) is 96.7 cm³/mol. The third-order valence-corrected chi connectivity index (χ3v) is 4.52. The molecule has 2 aromatic rings. The van der Waals surface area contributed by atoms with E-state index in [2.05, 4.69) is 34.3 Å². The molecule has 0 saturated heterocycles. The molecular formula is C20H24N2O2. The van der Waals surface area contributed by atoms with Crippen molar-refractivity contribution in [3.63, 3.8) is 0 Å². The van der Waals surface area contributed by atoms with Gasteiger partial charge < -0.3 is 15.8 Å². The first-order chi connectivity index (χ1) is 11.7. The predicted octanol–water partition coefficient (Wildman–Crippen LogP) is 3.94. The lowest BCUT2D eigenvalue weighted by Crippen LogP contribution is -2.14. The minimum atomic E-state index is -0.200. The third-order valence-electron chi connectivity index (χ3n) is 4.52. The van der Waals surface area contributed by atoms with Gasteiger partial charge in [-0.3, -0.25) is 4.79 Å². The molecule has 3 N–H and O–H groups in total. The van der Waals surface area contributed by atoms with E-state index >= 15 is 0 Å². The molecule has 4 heteroatoms. The van der Waals surface area contributed by atoms with E-state index in [9.17, 15) is 4.79 Å². The van der Waals surface area contributed by atoms with Gasteiger partial charge in [-0.2, -0.15) is 0 Å². The summed E-state index contributed by atoms with van der Waals surface area (Å²) in [6.45, 7) is 0. The Morgan fingerprint density at radius 1 is 1.25 bits per heavy atom. The zero-order valence-corrected chi connectivity index (χ0v) is 14.0. The molecule has 0 heterocycles. The number of methoxy groups -OCH3 is 1. The van der Waals surface area contributed by atoms with Crippen LogP contribution in [0.15, 0.2) is 48.5 Å². The van der Waals surface area contributed by atoms with Gasteiger partial charge in [0.2, 0.25) is 0 Å². The molecule has 0 aromatic heterocycles. The van der Waals surface area contributed by atoms with Gasteiger partial charge in [0.25, 0.3) is 0 Å². The SMILES string of the molecule is COC(=O)CCc1ccc(N[C@@H](c2ccccc2)C2CC2)c(N)c1. The van der Waals surface area contributed by atoms with Crippen molar-refractivity contribution in [3.8, 4) is 0 Å². The van der Waals surface area contributed by atoms with E-state index in [-0.39, 0.29) is 5.97 Å². The fourth-order valence-electron chi connectivity index (χ4n) is 2.98. The van der Waals surface area contributed by atoms with Gasteiger partial charge in [-0.1, -0.05) is 36.4 Å². The summed E-state index contributed by atoms with van der Waals surface area (Å²) in [5.74, 6) is 0.472. The van der Waals surface area contributed by atoms with Crippen molar-refractivity contribution < 1.29 is 9.53 Å². The second-order valence-corrected chi connectivity index (χ2v) is 6.37. The van der Waals surface area contributed by atoms with Crippen LogP contribution in [0.25, 0.3) is 0 Å². The van der Waals surface area contributed by atoms with E-state index in [1.165, 1.54) is 25.5 Å². The van der Waals surface area contributed by atoms with Crippen LogP contribution in [0.1, 0.15) is 36.4 Å². The summed E-state index contributed by atoms with van der Waals surface area (Å²) in [6, 6.07) is 16.8. The first-order valence-electron chi connectivity index (χ1n) is 8.44. The normalized spacial score (nSPS) is 14.9. The molecule has 1 saturated carbocycles. The number of benzene rings is 2. The van der Waals surface area contributed by atoms with E-state index in [1.54, 1.807) is 0 Å². The molecule has 0 unspecified atom stereocenters. The first kappa shape index (κ1) is 16.4. The van der Waals surface area contributed by atoms with E-state index in [0.29, 0.717) is 24.8 Å². The van der Waals surface area contributed by atoms with Gasteiger partial charge in [0.05, 0.1) is 24.5 Å². The molecule has 0 radical (unpaired) electrons. The smallest absolute Gasteiger partial charge is 0.305 e. The van der Waals surface area contributed by atoms with Crippen molar-refractivity contribution in [2.24, 2.45) is 5.92 Å². The second-order valence-electron chi connectivity index (χ2n) is 6.37. The highest BCUT2D eigenvalue weighted by atomic mass is 16.5. The summed E-state index contributed by atoms with van der Waals surface area (Å²) in [7, 11) is 1.41. The maximum absolute atomic E-state index is 11.3. The fraction of sp³-hybridized carbons (Fsp3) is 0.350. The first-order valence-corrected chi connectivity index (χ1v) is 8.44. The van der Waals surface area contributed by atoms with Crippen LogP contribution in [0.3, 0.4) is 0 Å². The lowest BCUT2D eigenvalue weighted by molar-refractivity contribution is -0.140. The summed E-state index contributed by atoms with van der Waals surface area (Å²) in [4.78, 5) is 11.3. The number of nitrogens with two attached hydrogens (primary N) is 1. The molecular weight excluding hydrogens is 300 g/mol. The van der Waals surface area contributed by atoms with Gasteiger partial charge in [-0.15, -0.1) is 0 Å². The van der Waals surface area contributed by atoms with Crippen molar-refractivity contribution in [1.82, 2.24) is 0 Å². The molecule has 1 aliphatic carbocycles. The number of ether oxygens (including phenoxy) is 1. The van der Waals surface area contributed by atoms with Crippen molar-refractivity contribution >= 4 is 17.3 Å². The summed E-state index contributed by atoms with van der Waals surface area (Å²) in [5.41, 5.74) is 10.3. The standard InChI is InChI=1S/C20H24N2O2/c1-24-19(23)12-8-14-7-11-18(17(21)13-14)22-20(16-9-10-16)15-5-3-2-4-6-15/h2-7,11,13,16,20,22H,8-10,12,21H2,1H3/t20-/m0/s1. The van der Waals surface area contributed by atoms with E-state index in [1.807, 2.05) is 24.3 Å². The highest BCUT2D eigenvalue weighted by Gasteiger charge is 2.32. The largest absolute Gasteiger partial charge is 0.469 e. The Hall–Kier alpha value is -2.49. The molecule has 4 nitrogen and oxygen atoms in total. The Balaban J connectivity index is 1.71. The fourth-order valence-corrected chi connectivity index (χ4v) is 2.98. The van der Waals surface area contributed by atoms with Gasteiger partial charge in [0.15, 0.2) is 0 Å². The topological polar surface area (TPSA) is 64.3 Å². The summed E-state index contributed by atoms with van der Waals surface area (Å²) >= 11 is 0. The minimum Gasteiger partial charge on any atom is -0.469 e. The lowest BCUT2D eigenvalue weighted by atomic mass is 10.0. The Morgan fingerprint density at radius 3 is 2.62 bits per heavy atom. The van der Waals surface area contributed by atoms with Gasteiger partial charge in [-0.25, -0.2) is 0 Å². The average molecular weight is 324 g/mol. The molecule has 0 bridgehead atoms. The Morgan fingerprint density at radius 2 is 2.00 bits per heavy atom. The molecule has 2 aromatic carbocycles. The van der Waals surface area contributed by atoms with Crippen LogP contribution >= 0.6 is 0 Å². The highest BCUT2D eigenvalue weighted by molar-refractivity contribution is 5.71. The number of anilines is 2. The van der Waals surface area contributed by atoms with Gasteiger partial charge in [0, 0.05) is 6.42 Å². The number of esters is 1. The molecule has 126 valence electrons. The van der Waals surface area contributed by atoms with Gasteiger partial charge >= 0.3 is 5.97 Å². The van der Waals surface area contributed by atoms with Crippen LogP contribution in [0.2, 0.25) is 0 Å². The number of hydrogen-bond acceptors (Lipinski definition) is 4. The lowest BCUT2D eigenvalue weighted by Gasteiger charge is -2.21. The molecule has 0 amide bonds. The van der Waals surface area contributed by atoms with E-state index in [4.69, 9.17) is 5.73 Å². The second kappa shape index (κ2) is 7.39. The van der Waals surface area contributed by atoms with Crippen LogP contribution < -0.4 is 11.1 Å². The zero-order valence-electron chi connectivity index (χ0n) is 14.0. The number of rotatable bonds is 7. The maximum atomic E-state index is 11.3. The summed E-state index contributed by atoms with van der Waals surface area (Å²) in [5, 5.41) is 3.61. The molecule has 1 atom stereocenters. The Bertz CT molecular complexity index is 696. The maximum Gasteiger partial charge on any atom is 0.305 e. The number of hydrogen-bond donors (Lipinski definition) is 2. The van der Waals surface area contributed by atoms with Gasteiger partial charge in [-0.05, 0) is 48.4 Å². The van der Waals surface area contributed by atoms with Crippen LogP contribution in [0.5, 0.6) is 0 Å². The van der Waals surface area contributed by atoms with Crippen molar-refractivity contribution in [1.29, 1.82) is 0 Å². The number of aryl methyl sites for hydroxylation is 1. The number of nitrogens with one attached hydrogen (secondary N) is 1. The van der Waals surface area contributed by atoms with Crippen LogP contribution in [-0.4, -0.2) is 13.1 Å². The Labute approximate surface area is 143 Å². The quantitative estimate of drug-likeness (QED) is 0.598. The van der Waals surface area contributed by atoms with Crippen LogP contribution in [-0.2, 0) is 16.0 Å². The van der Waals surface area contributed by atoms with E-state index in [0.717, 1.165) is 16.9 Å². The summed E-state index contributed by atoms with van der Waals surface area (Å²) in [6.07, 6.45) is 3.52.